The second-order valence-corrected chi connectivity index (χ2v) is 8.51. The number of hydrogen-bond donors (Lipinski definition) is 1. The average molecular weight is 371 g/mol. The van der Waals surface area contributed by atoms with Crippen LogP contribution in [0.1, 0.15) is 60.3 Å². The molecule has 1 aliphatic carbocycles. The van der Waals surface area contributed by atoms with Crippen LogP contribution < -0.4 is 5.32 Å². The maximum atomic E-state index is 12.1. The summed E-state index contributed by atoms with van der Waals surface area (Å²) in [5.41, 5.74) is -1.73. The fourth-order valence-corrected chi connectivity index (χ4v) is 3.24. The minimum absolute atomic E-state index is 0.112. The van der Waals surface area contributed by atoms with E-state index >= 15 is 0 Å². The van der Waals surface area contributed by atoms with E-state index in [9.17, 15) is 14.4 Å². The van der Waals surface area contributed by atoms with Gasteiger partial charge in [-0.25, -0.2) is 9.59 Å². The highest BCUT2D eigenvalue weighted by molar-refractivity contribution is 5.77. The summed E-state index contributed by atoms with van der Waals surface area (Å²) in [6, 6.07) is 0.204. The van der Waals surface area contributed by atoms with Crippen molar-refractivity contribution < 1.29 is 33.3 Å². The van der Waals surface area contributed by atoms with Crippen molar-refractivity contribution in [2.24, 2.45) is 5.92 Å². The predicted molar refractivity (Wildman–Crippen MR) is 91.5 cm³/mol. The zero-order chi connectivity index (χ0) is 19.5. The standard InChI is InChI=1S/C18H29NO7/c1-17(2,3)25-15(21)24-16(22)26-18(4,5)8-9-23-14(20)13-11-6-7-12(10-11)19-13/h11-13,19H,6-10H2,1-5H3. The van der Waals surface area contributed by atoms with E-state index in [1.165, 1.54) is 0 Å². The predicted octanol–water partition coefficient (Wildman–Crippen LogP) is 2.93. The van der Waals surface area contributed by atoms with E-state index in [1.54, 1.807) is 34.6 Å². The first-order valence-electron chi connectivity index (χ1n) is 9.02. The molecule has 0 aromatic carbocycles. The molecule has 8 nitrogen and oxygen atoms in total. The monoisotopic (exact) mass is 371 g/mol. The third kappa shape index (κ3) is 6.16. The summed E-state index contributed by atoms with van der Waals surface area (Å²) in [7, 11) is 0. The molecule has 2 bridgehead atoms. The van der Waals surface area contributed by atoms with E-state index < -0.39 is 23.5 Å². The van der Waals surface area contributed by atoms with Gasteiger partial charge in [0, 0.05) is 12.5 Å². The van der Waals surface area contributed by atoms with Crippen LogP contribution in [0.5, 0.6) is 0 Å². The van der Waals surface area contributed by atoms with Gasteiger partial charge in [-0.1, -0.05) is 0 Å². The Hall–Kier alpha value is -1.83. The lowest BCUT2D eigenvalue weighted by Gasteiger charge is -2.26. The van der Waals surface area contributed by atoms with Crippen LogP contribution in [0.3, 0.4) is 0 Å². The number of fused-ring (bicyclic) bond motifs is 2. The zero-order valence-corrected chi connectivity index (χ0v) is 16.1. The van der Waals surface area contributed by atoms with Crippen LogP contribution in [0.4, 0.5) is 9.59 Å². The van der Waals surface area contributed by atoms with Gasteiger partial charge in [-0.05, 0) is 59.8 Å². The maximum Gasteiger partial charge on any atom is 0.519 e. The summed E-state index contributed by atoms with van der Waals surface area (Å²) >= 11 is 0. The normalized spacial score (nSPS) is 24.9. The average Bonchev–Trinajstić information content (AvgIpc) is 3.06. The molecule has 0 radical (unpaired) electrons. The molecule has 2 fully saturated rings. The fourth-order valence-electron chi connectivity index (χ4n) is 3.24. The Morgan fingerprint density at radius 1 is 1.00 bits per heavy atom. The Morgan fingerprint density at radius 2 is 1.65 bits per heavy atom. The Labute approximate surface area is 153 Å². The first-order chi connectivity index (χ1) is 12.0. The summed E-state index contributed by atoms with van der Waals surface area (Å²) in [6.07, 6.45) is 1.23. The molecule has 0 amide bonds. The van der Waals surface area contributed by atoms with E-state index in [1.807, 2.05) is 0 Å². The van der Waals surface area contributed by atoms with Gasteiger partial charge in [0.15, 0.2) is 0 Å². The molecule has 0 aromatic rings. The van der Waals surface area contributed by atoms with Crippen molar-refractivity contribution in [1.82, 2.24) is 5.32 Å². The minimum atomic E-state index is -1.15. The van der Waals surface area contributed by atoms with Crippen LogP contribution in [0.2, 0.25) is 0 Å². The molecule has 3 unspecified atom stereocenters. The molecule has 1 aliphatic heterocycles. The molecule has 3 atom stereocenters. The molecule has 148 valence electrons. The van der Waals surface area contributed by atoms with Crippen molar-refractivity contribution in [3.8, 4) is 0 Å². The van der Waals surface area contributed by atoms with Crippen molar-refractivity contribution in [3.05, 3.63) is 0 Å². The first kappa shape index (κ1) is 20.5. The van der Waals surface area contributed by atoms with Gasteiger partial charge in [0.05, 0.1) is 6.61 Å². The van der Waals surface area contributed by atoms with Crippen LogP contribution in [0.15, 0.2) is 0 Å². The molecule has 1 heterocycles. The largest absolute Gasteiger partial charge is 0.519 e. The zero-order valence-electron chi connectivity index (χ0n) is 16.1. The third-order valence-electron chi connectivity index (χ3n) is 4.48. The topological polar surface area (TPSA) is 100 Å². The van der Waals surface area contributed by atoms with E-state index in [-0.39, 0.29) is 25.0 Å². The Bertz CT molecular complexity index is 552. The SMILES string of the molecule is CC(C)(C)OC(=O)OC(=O)OC(C)(C)CCOC(=O)C1NC2CCC1C2. The third-order valence-corrected chi connectivity index (χ3v) is 4.48. The molecule has 2 aliphatic rings. The van der Waals surface area contributed by atoms with Gasteiger partial charge in [-0.2, -0.15) is 0 Å². The molecule has 26 heavy (non-hydrogen) atoms. The molecule has 8 heteroatoms. The number of carbonyl (C=O) groups is 3. The second kappa shape index (κ2) is 7.82. The van der Waals surface area contributed by atoms with Gasteiger partial charge in [0.1, 0.15) is 17.2 Å². The van der Waals surface area contributed by atoms with Gasteiger partial charge in [-0.15, -0.1) is 0 Å². The van der Waals surface area contributed by atoms with Crippen molar-refractivity contribution in [1.29, 1.82) is 0 Å². The Morgan fingerprint density at radius 3 is 2.19 bits per heavy atom. The van der Waals surface area contributed by atoms with Crippen LogP contribution >= 0.6 is 0 Å². The van der Waals surface area contributed by atoms with Crippen LogP contribution in [-0.2, 0) is 23.7 Å². The highest BCUT2D eigenvalue weighted by Gasteiger charge is 2.43. The van der Waals surface area contributed by atoms with Crippen molar-refractivity contribution in [2.75, 3.05) is 6.61 Å². The molecule has 0 aromatic heterocycles. The maximum absolute atomic E-state index is 12.1. The van der Waals surface area contributed by atoms with Gasteiger partial charge >= 0.3 is 18.3 Å². The molecular weight excluding hydrogens is 342 g/mol. The highest BCUT2D eigenvalue weighted by atomic mass is 16.8. The van der Waals surface area contributed by atoms with Gasteiger partial charge < -0.3 is 24.3 Å². The molecule has 2 rings (SSSR count). The van der Waals surface area contributed by atoms with Gasteiger partial charge in [0.25, 0.3) is 0 Å². The quantitative estimate of drug-likeness (QED) is 0.447. The summed E-state index contributed by atoms with van der Waals surface area (Å²) in [4.78, 5) is 35.3. The van der Waals surface area contributed by atoms with E-state index in [0.717, 1.165) is 19.3 Å². The number of esters is 1. The minimum Gasteiger partial charge on any atom is -0.464 e. The van der Waals surface area contributed by atoms with Crippen LogP contribution in [0.25, 0.3) is 0 Å². The Kier molecular flexibility index (Phi) is 6.16. The number of rotatable bonds is 5. The summed E-state index contributed by atoms with van der Waals surface area (Å²) < 4.78 is 19.8. The molecule has 1 saturated heterocycles. The van der Waals surface area contributed by atoms with Crippen molar-refractivity contribution >= 4 is 18.3 Å². The summed E-state index contributed by atoms with van der Waals surface area (Å²) in [5.74, 6) is 0.102. The van der Waals surface area contributed by atoms with Crippen molar-refractivity contribution in [2.45, 2.75) is 83.6 Å². The van der Waals surface area contributed by atoms with E-state index in [4.69, 9.17) is 14.2 Å². The first-order valence-corrected chi connectivity index (χ1v) is 9.02. The molecular formula is C18H29NO7. The highest BCUT2D eigenvalue weighted by Crippen LogP contribution is 2.35. The molecule has 0 spiro atoms. The lowest BCUT2D eigenvalue weighted by atomic mass is 10.0. The van der Waals surface area contributed by atoms with Gasteiger partial charge in [-0.3, -0.25) is 4.79 Å². The smallest absolute Gasteiger partial charge is 0.464 e. The van der Waals surface area contributed by atoms with E-state index in [0.29, 0.717) is 12.0 Å². The summed E-state index contributed by atoms with van der Waals surface area (Å²) in [6.45, 7) is 8.37. The number of nitrogens with one attached hydrogen (secondary N) is 1. The molecule has 1 N–H and O–H groups in total. The number of ether oxygens (including phenoxy) is 4. The second-order valence-electron chi connectivity index (χ2n) is 8.51. The van der Waals surface area contributed by atoms with Crippen molar-refractivity contribution in [3.63, 3.8) is 0 Å². The van der Waals surface area contributed by atoms with Crippen LogP contribution in [-0.4, -0.2) is 48.2 Å². The number of hydrogen-bond acceptors (Lipinski definition) is 8. The fraction of sp³-hybridized carbons (Fsp3) is 0.833. The molecule has 1 saturated carbocycles. The number of piperidine rings is 1. The van der Waals surface area contributed by atoms with Gasteiger partial charge in [0.2, 0.25) is 0 Å². The summed E-state index contributed by atoms with van der Waals surface area (Å²) in [5, 5.41) is 3.28. The lowest BCUT2D eigenvalue weighted by molar-refractivity contribution is -0.148. The van der Waals surface area contributed by atoms with E-state index in [2.05, 4.69) is 10.1 Å². The Balaban J connectivity index is 1.68. The number of carbonyl (C=O) groups excluding carboxylic acids is 3. The van der Waals surface area contributed by atoms with Crippen LogP contribution in [0, 0.1) is 5.92 Å². The lowest BCUT2D eigenvalue weighted by Crippen LogP contribution is -2.43.